The number of benzene rings is 1. The molecule has 3 nitrogen and oxygen atoms in total. The van der Waals surface area contributed by atoms with Gasteiger partial charge < -0.3 is 5.32 Å². The van der Waals surface area contributed by atoms with Gasteiger partial charge >= 0.3 is 0 Å². The fourth-order valence-corrected chi connectivity index (χ4v) is 1.32. The van der Waals surface area contributed by atoms with Gasteiger partial charge in [0.25, 0.3) is 0 Å². The molecule has 0 aliphatic heterocycles. The molecule has 1 N–H and O–H groups in total. The normalized spacial score (nSPS) is 9.93. The Bertz CT molecular complexity index is 414. The van der Waals surface area contributed by atoms with E-state index in [2.05, 4.69) is 15.3 Å². The van der Waals surface area contributed by atoms with Crippen molar-refractivity contribution in [3.8, 4) is 0 Å². The van der Waals surface area contributed by atoms with Crippen LogP contribution >= 0.6 is 11.6 Å². The Kier molecular flexibility index (Phi) is 3.15. The van der Waals surface area contributed by atoms with Gasteiger partial charge in [0.2, 0.25) is 0 Å². The van der Waals surface area contributed by atoms with Crippen LogP contribution in [0.5, 0.6) is 0 Å². The first kappa shape index (κ1) is 9.93. The molecule has 0 amide bonds. The van der Waals surface area contributed by atoms with Gasteiger partial charge in [-0.05, 0) is 17.7 Å². The number of halogens is 1. The maximum Gasteiger partial charge on any atom is 0.115 e. The maximum atomic E-state index is 5.79. The number of anilines is 1. The topological polar surface area (TPSA) is 37.8 Å². The molecule has 0 aliphatic rings. The third-order valence-electron chi connectivity index (χ3n) is 1.97. The molecule has 15 heavy (non-hydrogen) atoms. The zero-order valence-electron chi connectivity index (χ0n) is 8.02. The van der Waals surface area contributed by atoms with E-state index < -0.39 is 0 Å². The van der Waals surface area contributed by atoms with E-state index in [4.69, 9.17) is 11.6 Å². The van der Waals surface area contributed by atoms with Crippen molar-refractivity contribution in [3.63, 3.8) is 0 Å². The van der Waals surface area contributed by atoms with Crippen LogP contribution in [0.4, 0.5) is 5.69 Å². The largest absolute Gasteiger partial charge is 0.378 e. The van der Waals surface area contributed by atoms with E-state index >= 15 is 0 Å². The average molecular weight is 220 g/mol. The summed E-state index contributed by atoms with van der Waals surface area (Å²) in [6.07, 6.45) is 4.99. The predicted octanol–water partition coefficient (Wildman–Crippen LogP) is 2.74. The molecule has 0 spiro atoms. The van der Waals surface area contributed by atoms with Crippen LogP contribution in [0, 0.1) is 0 Å². The summed E-state index contributed by atoms with van der Waals surface area (Å²) >= 11 is 5.79. The number of nitrogens with one attached hydrogen (secondary N) is 1. The molecule has 1 aromatic heterocycles. The van der Waals surface area contributed by atoms with Crippen molar-refractivity contribution in [1.82, 2.24) is 9.97 Å². The lowest BCUT2D eigenvalue weighted by atomic mass is 10.2. The molecule has 0 atom stereocenters. The van der Waals surface area contributed by atoms with Crippen molar-refractivity contribution in [1.29, 1.82) is 0 Å². The highest BCUT2D eigenvalue weighted by Gasteiger charge is 1.94. The molecule has 0 unspecified atom stereocenters. The molecular weight excluding hydrogens is 210 g/mol. The van der Waals surface area contributed by atoms with Gasteiger partial charge in [0.05, 0.1) is 18.1 Å². The minimum atomic E-state index is 0.741. The van der Waals surface area contributed by atoms with Gasteiger partial charge in [-0.3, -0.25) is 0 Å². The smallest absolute Gasteiger partial charge is 0.115 e. The number of hydrogen-bond donors (Lipinski definition) is 1. The zero-order chi connectivity index (χ0) is 10.5. The van der Waals surface area contributed by atoms with Crippen LogP contribution < -0.4 is 5.32 Å². The summed E-state index contributed by atoms with van der Waals surface area (Å²) in [5.74, 6) is 0. The highest BCUT2D eigenvalue weighted by molar-refractivity contribution is 6.30. The minimum Gasteiger partial charge on any atom is -0.378 e. The van der Waals surface area contributed by atoms with Crippen molar-refractivity contribution < 1.29 is 0 Å². The van der Waals surface area contributed by atoms with Crippen LogP contribution in [-0.4, -0.2) is 9.97 Å². The van der Waals surface area contributed by atoms with Crippen LogP contribution in [0.25, 0.3) is 0 Å². The first-order valence-corrected chi connectivity index (χ1v) is 4.96. The summed E-state index contributed by atoms with van der Waals surface area (Å²) < 4.78 is 0. The predicted molar refractivity (Wildman–Crippen MR) is 60.8 cm³/mol. The van der Waals surface area contributed by atoms with Gasteiger partial charge in [-0.1, -0.05) is 23.7 Å². The second-order valence-electron chi connectivity index (χ2n) is 3.11. The quantitative estimate of drug-likeness (QED) is 0.863. The molecule has 0 saturated carbocycles. The van der Waals surface area contributed by atoms with Crippen molar-refractivity contribution >= 4 is 17.3 Å². The van der Waals surface area contributed by atoms with Gasteiger partial charge in [0, 0.05) is 11.6 Å². The summed E-state index contributed by atoms with van der Waals surface area (Å²) in [6.45, 7) is 0.741. The molecule has 0 aliphatic carbocycles. The van der Waals surface area contributed by atoms with Crippen LogP contribution in [-0.2, 0) is 6.54 Å². The Morgan fingerprint density at radius 2 is 1.73 bits per heavy atom. The Hall–Kier alpha value is -1.61. The summed E-state index contributed by atoms with van der Waals surface area (Å²) in [5, 5.41) is 3.96. The number of nitrogens with zero attached hydrogens (tertiary/aromatic N) is 2. The molecule has 1 heterocycles. The summed E-state index contributed by atoms with van der Waals surface area (Å²) in [7, 11) is 0. The highest BCUT2D eigenvalue weighted by atomic mass is 35.5. The molecule has 76 valence electrons. The summed E-state index contributed by atoms with van der Waals surface area (Å²) in [5.41, 5.74) is 2.08. The molecule has 0 saturated heterocycles. The fourth-order valence-electron chi connectivity index (χ4n) is 1.20. The lowest BCUT2D eigenvalue weighted by molar-refractivity contribution is 1.10. The van der Waals surface area contributed by atoms with E-state index in [1.807, 2.05) is 24.3 Å². The lowest BCUT2D eigenvalue weighted by Gasteiger charge is -2.04. The number of rotatable bonds is 3. The molecule has 0 bridgehead atoms. The van der Waals surface area contributed by atoms with Gasteiger partial charge in [-0.2, -0.15) is 0 Å². The molecule has 0 radical (unpaired) electrons. The van der Waals surface area contributed by atoms with E-state index in [1.165, 1.54) is 11.9 Å². The Morgan fingerprint density at radius 3 is 2.40 bits per heavy atom. The van der Waals surface area contributed by atoms with Crippen LogP contribution in [0.2, 0.25) is 5.02 Å². The van der Waals surface area contributed by atoms with Crippen molar-refractivity contribution in [3.05, 3.63) is 53.6 Å². The number of aromatic nitrogens is 2. The van der Waals surface area contributed by atoms with Crippen LogP contribution in [0.15, 0.2) is 43.0 Å². The van der Waals surface area contributed by atoms with Gasteiger partial charge in [-0.25, -0.2) is 9.97 Å². The van der Waals surface area contributed by atoms with Crippen LogP contribution in [0.1, 0.15) is 5.56 Å². The van der Waals surface area contributed by atoms with Crippen molar-refractivity contribution in [2.45, 2.75) is 6.54 Å². The molecular formula is C11H10ClN3. The van der Waals surface area contributed by atoms with E-state index in [0.717, 1.165) is 17.3 Å². The SMILES string of the molecule is Clc1ccc(CNc2cncnc2)cc1. The molecule has 1 aromatic carbocycles. The average Bonchev–Trinajstić information content (AvgIpc) is 2.30. The first-order chi connectivity index (χ1) is 7.34. The van der Waals surface area contributed by atoms with E-state index in [0.29, 0.717) is 0 Å². The van der Waals surface area contributed by atoms with Gasteiger partial charge in [-0.15, -0.1) is 0 Å². The molecule has 2 rings (SSSR count). The molecule has 0 fully saturated rings. The minimum absolute atomic E-state index is 0.741. The fraction of sp³-hybridized carbons (Fsp3) is 0.0909. The Balaban J connectivity index is 1.96. The van der Waals surface area contributed by atoms with E-state index in [1.54, 1.807) is 12.4 Å². The standard InChI is InChI=1S/C11H10ClN3/c12-10-3-1-9(2-4-10)5-15-11-6-13-8-14-7-11/h1-4,6-8,15H,5H2. The van der Waals surface area contributed by atoms with E-state index in [-0.39, 0.29) is 0 Å². The second-order valence-corrected chi connectivity index (χ2v) is 3.54. The zero-order valence-corrected chi connectivity index (χ0v) is 8.78. The van der Waals surface area contributed by atoms with Gasteiger partial charge in [0.15, 0.2) is 0 Å². The molecule has 2 aromatic rings. The molecule has 4 heteroatoms. The summed E-state index contributed by atoms with van der Waals surface area (Å²) in [6, 6.07) is 7.72. The highest BCUT2D eigenvalue weighted by Crippen LogP contribution is 2.11. The number of hydrogen-bond acceptors (Lipinski definition) is 3. The Morgan fingerprint density at radius 1 is 1.07 bits per heavy atom. The summed E-state index contributed by atoms with van der Waals surface area (Å²) in [4.78, 5) is 7.83. The third kappa shape index (κ3) is 2.92. The Labute approximate surface area is 93.1 Å². The first-order valence-electron chi connectivity index (χ1n) is 4.58. The third-order valence-corrected chi connectivity index (χ3v) is 2.22. The van der Waals surface area contributed by atoms with Crippen molar-refractivity contribution in [2.24, 2.45) is 0 Å². The van der Waals surface area contributed by atoms with Crippen molar-refractivity contribution in [2.75, 3.05) is 5.32 Å². The second kappa shape index (κ2) is 4.75. The lowest BCUT2D eigenvalue weighted by Crippen LogP contribution is -1.99. The van der Waals surface area contributed by atoms with Gasteiger partial charge in [0.1, 0.15) is 6.33 Å². The maximum absolute atomic E-state index is 5.79. The van der Waals surface area contributed by atoms with Crippen LogP contribution in [0.3, 0.4) is 0 Å². The van der Waals surface area contributed by atoms with E-state index in [9.17, 15) is 0 Å². The monoisotopic (exact) mass is 219 g/mol.